The first kappa shape index (κ1) is 21.7. The van der Waals surface area contributed by atoms with Crippen LogP contribution in [0.5, 0.6) is 0 Å². The predicted octanol–water partition coefficient (Wildman–Crippen LogP) is 1.40. The van der Waals surface area contributed by atoms with Crippen molar-refractivity contribution in [1.29, 1.82) is 0 Å². The molecule has 25 heavy (non-hydrogen) atoms. The van der Waals surface area contributed by atoms with E-state index in [1.807, 2.05) is 6.92 Å². The summed E-state index contributed by atoms with van der Waals surface area (Å²) in [6.07, 6.45) is 2.92. The summed E-state index contributed by atoms with van der Waals surface area (Å²) >= 11 is 0. The Morgan fingerprint density at radius 3 is 2.60 bits per heavy atom. The quantitative estimate of drug-likeness (QED) is 0.632. The van der Waals surface area contributed by atoms with E-state index in [1.165, 1.54) is 0 Å². The smallest absolute Gasteiger partial charge is 0.325 e. The number of imide groups is 1. The van der Waals surface area contributed by atoms with Crippen LogP contribution in [0.4, 0.5) is 4.79 Å². The topological polar surface area (TPSA) is 105 Å². The largest absolute Gasteiger partial charge is 0.354 e. The Bertz CT molecular complexity index is 538. The maximum absolute atomic E-state index is 12.9. The van der Waals surface area contributed by atoms with Gasteiger partial charge in [0.15, 0.2) is 0 Å². The molecule has 8 heteroatoms. The SMILES string of the molecule is CC(N)CCNC(=O)CN1C(=O)NC2(CC(C)CC(C)(C)C2)C1=O.Cl. The number of nitrogens with zero attached hydrogens (tertiary/aromatic N) is 1. The van der Waals surface area contributed by atoms with Gasteiger partial charge >= 0.3 is 6.03 Å². The number of carbonyl (C=O) groups is 3. The number of amides is 4. The average molecular weight is 375 g/mol. The van der Waals surface area contributed by atoms with E-state index in [-0.39, 0.29) is 42.2 Å². The first-order chi connectivity index (χ1) is 11.0. The van der Waals surface area contributed by atoms with Crippen LogP contribution in [0, 0.1) is 11.3 Å². The number of nitrogens with two attached hydrogens (primary N) is 1. The lowest BCUT2D eigenvalue weighted by molar-refractivity contribution is -0.137. The number of nitrogens with one attached hydrogen (secondary N) is 2. The third-order valence-corrected chi connectivity index (χ3v) is 4.85. The molecule has 1 saturated carbocycles. The van der Waals surface area contributed by atoms with Gasteiger partial charge in [-0.25, -0.2) is 4.79 Å². The van der Waals surface area contributed by atoms with E-state index in [9.17, 15) is 14.4 Å². The van der Waals surface area contributed by atoms with E-state index in [0.29, 0.717) is 31.7 Å². The van der Waals surface area contributed by atoms with Crippen molar-refractivity contribution in [3.63, 3.8) is 0 Å². The molecule has 2 rings (SSSR count). The fourth-order valence-corrected chi connectivity index (χ4v) is 4.29. The van der Waals surface area contributed by atoms with Gasteiger partial charge in [0.05, 0.1) is 0 Å². The zero-order valence-electron chi connectivity index (χ0n) is 15.6. The zero-order valence-corrected chi connectivity index (χ0v) is 16.4. The Morgan fingerprint density at radius 1 is 1.40 bits per heavy atom. The van der Waals surface area contributed by atoms with Crippen molar-refractivity contribution in [1.82, 2.24) is 15.5 Å². The van der Waals surface area contributed by atoms with Gasteiger partial charge in [-0.05, 0) is 43.9 Å². The number of carbonyl (C=O) groups excluding carboxylic acids is 3. The summed E-state index contributed by atoms with van der Waals surface area (Å²) in [4.78, 5) is 38.2. The molecule has 3 atom stereocenters. The van der Waals surface area contributed by atoms with Gasteiger partial charge in [0.2, 0.25) is 5.91 Å². The maximum Gasteiger partial charge on any atom is 0.325 e. The second-order valence-corrected chi connectivity index (χ2v) is 8.37. The van der Waals surface area contributed by atoms with Crippen molar-refractivity contribution >= 4 is 30.3 Å². The molecule has 4 amide bonds. The minimum absolute atomic E-state index is 0. The normalized spacial score (nSPS) is 29.2. The highest BCUT2D eigenvalue weighted by atomic mass is 35.5. The molecule has 0 bridgehead atoms. The fraction of sp³-hybridized carbons (Fsp3) is 0.824. The van der Waals surface area contributed by atoms with Gasteiger partial charge in [-0.3, -0.25) is 14.5 Å². The summed E-state index contributed by atoms with van der Waals surface area (Å²) in [6, 6.07) is -0.469. The van der Waals surface area contributed by atoms with E-state index in [4.69, 9.17) is 5.73 Å². The first-order valence-electron chi connectivity index (χ1n) is 8.71. The van der Waals surface area contributed by atoms with E-state index >= 15 is 0 Å². The Labute approximate surface area is 155 Å². The van der Waals surface area contributed by atoms with Crippen LogP contribution in [0.1, 0.15) is 53.4 Å². The van der Waals surface area contributed by atoms with Gasteiger partial charge in [-0.1, -0.05) is 20.8 Å². The first-order valence-corrected chi connectivity index (χ1v) is 8.71. The summed E-state index contributed by atoms with van der Waals surface area (Å²) < 4.78 is 0. The summed E-state index contributed by atoms with van der Waals surface area (Å²) in [5, 5.41) is 5.58. The van der Waals surface area contributed by atoms with Gasteiger partial charge in [-0.15, -0.1) is 12.4 Å². The number of rotatable bonds is 5. The lowest BCUT2D eigenvalue weighted by atomic mass is 9.64. The third kappa shape index (κ3) is 5.07. The predicted molar refractivity (Wildman–Crippen MR) is 98.3 cm³/mol. The summed E-state index contributed by atoms with van der Waals surface area (Å²) in [6.45, 7) is 8.40. The van der Waals surface area contributed by atoms with Crippen molar-refractivity contribution in [2.75, 3.05) is 13.1 Å². The van der Waals surface area contributed by atoms with Crippen LogP contribution in [-0.4, -0.2) is 47.4 Å². The van der Waals surface area contributed by atoms with Crippen LogP contribution in [0.25, 0.3) is 0 Å². The molecule has 0 aromatic heterocycles. The Balaban J connectivity index is 0.00000312. The summed E-state index contributed by atoms with van der Waals surface area (Å²) in [5.41, 5.74) is 4.76. The summed E-state index contributed by atoms with van der Waals surface area (Å²) in [7, 11) is 0. The van der Waals surface area contributed by atoms with E-state index in [2.05, 4.69) is 31.4 Å². The van der Waals surface area contributed by atoms with E-state index in [0.717, 1.165) is 11.3 Å². The molecule has 1 heterocycles. The van der Waals surface area contributed by atoms with Crippen LogP contribution in [0.2, 0.25) is 0 Å². The highest BCUT2D eigenvalue weighted by Gasteiger charge is 2.56. The van der Waals surface area contributed by atoms with Crippen LogP contribution in [0.3, 0.4) is 0 Å². The number of halogens is 1. The van der Waals surface area contributed by atoms with Crippen molar-refractivity contribution in [2.45, 2.75) is 65.0 Å². The van der Waals surface area contributed by atoms with Crippen LogP contribution >= 0.6 is 12.4 Å². The molecule has 0 aromatic rings. The Kier molecular flexibility index (Phi) is 6.87. The van der Waals surface area contributed by atoms with Crippen molar-refractivity contribution < 1.29 is 14.4 Å². The van der Waals surface area contributed by atoms with Crippen LogP contribution in [-0.2, 0) is 9.59 Å². The molecule has 2 fully saturated rings. The summed E-state index contributed by atoms with van der Waals surface area (Å²) in [5.74, 6) is -0.258. The number of hydrogen-bond acceptors (Lipinski definition) is 4. The molecular weight excluding hydrogens is 344 g/mol. The lowest BCUT2D eigenvalue weighted by Crippen LogP contribution is -2.54. The van der Waals surface area contributed by atoms with Gasteiger partial charge < -0.3 is 16.4 Å². The number of urea groups is 1. The Hall–Kier alpha value is -1.34. The zero-order chi connectivity index (χ0) is 18.1. The van der Waals surface area contributed by atoms with Crippen molar-refractivity contribution in [2.24, 2.45) is 17.1 Å². The Morgan fingerprint density at radius 2 is 2.04 bits per heavy atom. The molecular formula is C17H31ClN4O3. The van der Waals surface area contributed by atoms with Crippen molar-refractivity contribution in [3.8, 4) is 0 Å². The molecule has 1 saturated heterocycles. The highest BCUT2D eigenvalue weighted by Crippen LogP contribution is 2.46. The van der Waals surface area contributed by atoms with E-state index < -0.39 is 11.6 Å². The molecule has 3 unspecified atom stereocenters. The van der Waals surface area contributed by atoms with Crippen LogP contribution < -0.4 is 16.4 Å². The van der Waals surface area contributed by atoms with Gasteiger partial charge in [-0.2, -0.15) is 0 Å². The monoisotopic (exact) mass is 374 g/mol. The second-order valence-electron chi connectivity index (χ2n) is 8.37. The minimum Gasteiger partial charge on any atom is -0.354 e. The lowest BCUT2D eigenvalue weighted by Gasteiger charge is -2.43. The molecule has 0 aromatic carbocycles. The van der Waals surface area contributed by atoms with Gasteiger partial charge in [0.25, 0.3) is 5.91 Å². The standard InChI is InChI=1S/C17H30N4O3.ClH/c1-11-7-16(3,4)10-17(8-11)14(23)21(15(24)20-17)9-13(22)19-6-5-12(2)18;/h11-12H,5-10,18H2,1-4H3,(H,19,22)(H,20,24);1H. The van der Waals surface area contributed by atoms with Gasteiger partial charge in [0, 0.05) is 12.6 Å². The molecule has 7 nitrogen and oxygen atoms in total. The van der Waals surface area contributed by atoms with Gasteiger partial charge in [0.1, 0.15) is 12.1 Å². The number of hydrogen-bond donors (Lipinski definition) is 3. The molecule has 1 spiro atoms. The van der Waals surface area contributed by atoms with Crippen LogP contribution in [0.15, 0.2) is 0 Å². The molecule has 1 aliphatic heterocycles. The molecule has 0 radical (unpaired) electrons. The average Bonchev–Trinajstić information content (AvgIpc) is 2.60. The highest BCUT2D eigenvalue weighted by molar-refractivity contribution is 6.09. The maximum atomic E-state index is 12.9. The minimum atomic E-state index is -0.857. The molecule has 144 valence electrons. The third-order valence-electron chi connectivity index (χ3n) is 4.85. The van der Waals surface area contributed by atoms with Crippen molar-refractivity contribution in [3.05, 3.63) is 0 Å². The second kappa shape index (κ2) is 7.91. The molecule has 2 aliphatic rings. The van der Waals surface area contributed by atoms with E-state index in [1.54, 1.807) is 0 Å². The molecule has 1 aliphatic carbocycles. The molecule has 4 N–H and O–H groups in total. The fourth-order valence-electron chi connectivity index (χ4n) is 4.29.